The van der Waals surface area contributed by atoms with Crippen LogP contribution in [-0.2, 0) is 0 Å². The standard InChI is InChI=1S/C16H16N4O2/c1-13-5-2-3-8-16(13)22-10-9-21-15-7-4-6-14(11-15)20-12-17-18-19-20/h2-8,11-12H,9-10H2,1H3. The Morgan fingerprint density at radius 3 is 2.68 bits per heavy atom. The van der Waals surface area contributed by atoms with Crippen LogP contribution in [0, 0.1) is 6.92 Å². The number of hydrogen-bond acceptors (Lipinski definition) is 5. The minimum atomic E-state index is 0.466. The fourth-order valence-corrected chi connectivity index (χ4v) is 2.02. The van der Waals surface area contributed by atoms with E-state index in [0.29, 0.717) is 13.2 Å². The zero-order valence-electron chi connectivity index (χ0n) is 12.2. The molecule has 0 aliphatic carbocycles. The van der Waals surface area contributed by atoms with Crippen molar-refractivity contribution in [1.82, 2.24) is 20.2 Å². The lowest BCUT2D eigenvalue weighted by Crippen LogP contribution is -2.09. The van der Waals surface area contributed by atoms with Crippen LogP contribution in [0.4, 0.5) is 0 Å². The first kappa shape index (κ1) is 14.1. The van der Waals surface area contributed by atoms with Crippen LogP contribution in [0.25, 0.3) is 5.69 Å². The number of aryl methyl sites for hydroxylation is 1. The summed E-state index contributed by atoms with van der Waals surface area (Å²) in [4.78, 5) is 0. The van der Waals surface area contributed by atoms with E-state index in [2.05, 4.69) is 15.5 Å². The number of para-hydroxylation sites is 1. The molecule has 0 saturated carbocycles. The normalized spacial score (nSPS) is 10.4. The van der Waals surface area contributed by atoms with Crippen molar-refractivity contribution in [2.75, 3.05) is 13.2 Å². The number of tetrazole rings is 1. The molecule has 0 radical (unpaired) electrons. The van der Waals surface area contributed by atoms with Gasteiger partial charge in [-0.05, 0) is 41.1 Å². The van der Waals surface area contributed by atoms with E-state index >= 15 is 0 Å². The van der Waals surface area contributed by atoms with Crippen LogP contribution in [0.3, 0.4) is 0 Å². The fourth-order valence-electron chi connectivity index (χ4n) is 2.02. The Hall–Kier alpha value is -2.89. The SMILES string of the molecule is Cc1ccccc1OCCOc1cccc(-n2cnnn2)c1. The van der Waals surface area contributed by atoms with Crippen molar-refractivity contribution in [1.29, 1.82) is 0 Å². The summed E-state index contributed by atoms with van der Waals surface area (Å²) in [6, 6.07) is 15.5. The Morgan fingerprint density at radius 2 is 1.86 bits per heavy atom. The molecule has 0 spiro atoms. The molecule has 1 aromatic heterocycles. The van der Waals surface area contributed by atoms with Crippen LogP contribution in [-0.4, -0.2) is 33.4 Å². The van der Waals surface area contributed by atoms with Gasteiger partial charge in [-0.25, -0.2) is 4.68 Å². The molecule has 0 fully saturated rings. The predicted octanol–water partition coefficient (Wildman–Crippen LogP) is 2.43. The predicted molar refractivity (Wildman–Crippen MR) is 81.3 cm³/mol. The molecule has 22 heavy (non-hydrogen) atoms. The molecular weight excluding hydrogens is 280 g/mol. The van der Waals surface area contributed by atoms with Gasteiger partial charge in [0.15, 0.2) is 0 Å². The highest BCUT2D eigenvalue weighted by molar-refractivity contribution is 5.38. The molecule has 0 amide bonds. The van der Waals surface area contributed by atoms with Gasteiger partial charge < -0.3 is 9.47 Å². The monoisotopic (exact) mass is 296 g/mol. The molecule has 0 N–H and O–H groups in total. The average Bonchev–Trinajstić information content (AvgIpc) is 3.08. The Kier molecular flexibility index (Phi) is 4.29. The van der Waals surface area contributed by atoms with Crippen LogP contribution in [0.1, 0.15) is 5.56 Å². The van der Waals surface area contributed by atoms with E-state index in [1.54, 1.807) is 11.0 Å². The van der Waals surface area contributed by atoms with E-state index in [0.717, 1.165) is 22.7 Å². The molecule has 2 aromatic carbocycles. The van der Waals surface area contributed by atoms with Crippen molar-refractivity contribution >= 4 is 0 Å². The van der Waals surface area contributed by atoms with Crippen LogP contribution in [0.2, 0.25) is 0 Å². The van der Waals surface area contributed by atoms with Gasteiger partial charge >= 0.3 is 0 Å². The minimum Gasteiger partial charge on any atom is -0.490 e. The highest BCUT2D eigenvalue weighted by Crippen LogP contribution is 2.17. The van der Waals surface area contributed by atoms with Gasteiger partial charge in [0.2, 0.25) is 0 Å². The highest BCUT2D eigenvalue weighted by Gasteiger charge is 2.01. The summed E-state index contributed by atoms with van der Waals surface area (Å²) in [5, 5.41) is 11.1. The molecule has 6 nitrogen and oxygen atoms in total. The fraction of sp³-hybridized carbons (Fsp3) is 0.188. The first-order valence-corrected chi connectivity index (χ1v) is 6.97. The van der Waals surface area contributed by atoms with E-state index in [1.807, 2.05) is 55.5 Å². The first-order valence-electron chi connectivity index (χ1n) is 6.97. The summed E-state index contributed by atoms with van der Waals surface area (Å²) >= 11 is 0. The van der Waals surface area contributed by atoms with Crippen LogP contribution >= 0.6 is 0 Å². The molecule has 6 heteroatoms. The second kappa shape index (κ2) is 6.71. The van der Waals surface area contributed by atoms with Crippen molar-refractivity contribution < 1.29 is 9.47 Å². The molecule has 1 heterocycles. The van der Waals surface area contributed by atoms with Gasteiger partial charge in [-0.1, -0.05) is 24.3 Å². The van der Waals surface area contributed by atoms with Gasteiger partial charge in [-0.15, -0.1) is 5.10 Å². The number of nitrogens with zero attached hydrogens (tertiary/aromatic N) is 4. The van der Waals surface area contributed by atoms with Crippen molar-refractivity contribution in [3.8, 4) is 17.2 Å². The molecule has 112 valence electrons. The molecule has 0 unspecified atom stereocenters. The third-order valence-corrected chi connectivity index (χ3v) is 3.13. The molecule has 0 aliphatic rings. The summed E-state index contributed by atoms with van der Waals surface area (Å²) in [6.07, 6.45) is 1.54. The molecule has 3 rings (SSSR count). The maximum Gasteiger partial charge on any atom is 0.143 e. The Balaban J connectivity index is 1.54. The summed E-state index contributed by atoms with van der Waals surface area (Å²) < 4.78 is 13.0. The number of hydrogen-bond donors (Lipinski definition) is 0. The topological polar surface area (TPSA) is 62.1 Å². The number of aromatic nitrogens is 4. The van der Waals surface area contributed by atoms with Crippen molar-refractivity contribution in [3.05, 3.63) is 60.4 Å². The maximum atomic E-state index is 5.70. The van der Waals surface area contributed by atoms with Crippen LogP contribution in [0.5, 0.6) is 11.5 Å². The largest absolute Gasteiger partial charge is 0.490 e. The van der Waals surface area contributed by atoms with E-state index in [-0.39, 0.29) is 0 Å². The van der Waals surface area contributed by atoms with Crippen molar-refractivity contribution in [2.45, 2.75) is 6.92 Å². The quantitative estimate of drug-likeness (QED) is 0.654. The summed E-state index contributed by atoms with van der Waals surface area (Å²) in [6.45, 7) is 2.97. The second-order valence-electron chi connectivity index (χ2n) is 4.71. The van der Waals surface area contributed by atoms with Gasteiger partial charge in [0.25, 0.3) is 0 Å². The lowest BCUT2D eigenvalue weighted by molar-refractivity contribution is 0.216. The van der Waals surface area contributed by atoms with Crippen molar-refractivity contribution in [3.63, 3.8) is 0 Å². The third kappa shape index (κ3) is 3.41. The molecule has 0 saturated heterocycles. The highest BCUT2D eigenvalue weighted by atomic mass is 16.5. The number of ether oxygens (including phenoxy) is 2. The number of rotatable bonds is 6. The van der Waals surface area contributed by atoms with Crippen molar-refractivity contribution in [2.24, 2.45) is 0 Å². The zero-order chi connectivity index (χ0) is 15.2. The van der Waals surface area contributed by atoms with Gasteiger partial charge in [0, 0.05) is 6.07 Å². The first-order chi connectivity index (χ1) is 10.8. The second-order valence-corrected chi connectivity index (χ2v) is 4.71. The number of benzene rings is 2. The van der Waals surface area contributed by atoms with E-state index in [1.165, 1.54) is 0 Å². The zero-order valence-corrected chi connectivity index (χ0v) is 12.2. The minimum absolute atomic E-state index is 0.466. The summed E-state index contributed by atoms with van der Waals surface area (Å²) in [5.74, 6) is 1.63. The van der Waals surface area contributed by atoms with Gasteiger partial charge in [-0.3, -0.25) is 0 Å². The van der Waals surface area contributed by atoms with E-state index < -0.39 is 0 Å². The van der Waals surface area contributed by atoms with Crippen LogP contribution in [0.15, 0.2) is 54.9 Å². The molecule has 0 aliphatic heterocycles. The van der Waals surface area contributed by atoms with E-state index in [9.17, 15) is 0 Å². The maximum absolute atomic E-state index is 5.70. The van der Waals surface area contributed by atoms with Gasteiger partial charge in [-0.2, -0.15) is 0 Å². The Labute approximate surface area is 128 Å². The summed E-state index contributed by atoms with van der Waals surface area (Å²) in [5.41, 5.74) is 1.96. The van der Waals surface area contributed by atoms with Crippen LogP contribution < -0.4 is 9.47 Å². The molecule has 0 bridgehead atoms. The lowest BCUT2D eigenvalue weighted by Gasteiger charge is -2.10. The third-order valence-electron chi connectivity index (χ3n) is 3.13. The summed E-state index contributed by atoms with van der Waals surface area (Å²) in [7, 11) is 0. The van der Waals surface area contributed by atoms with E-state index in [4.69, 9.17) is 9.47 Å². The average molecular weight is 296 g/mol. The molecular formula is C16H16N4O2. The molecule has 0 atom stereocenters. The lowest BCUT2D eigenvalue weighted by atomic mass is 10.2. The Morgan fingerprint density at radius 1 is 1.00 bits per heavy atom. The van der Waals surface area contributed by atoms with Gasteiger partial charge in [0.1, 0.15) is 31.0 Å². The molecule has 3 aromatic rings. The Bertz CT molecular complexity index is 729. The smallest absolute Gasteiger partial charge is 0.143 e. The van der Waals surface area contributed by atoms with Gasteiger partial charge in [0.05, 0.1) is 5.69 Å².